The van der Waals surface area contributed by atoms with Crippen LogP contribution in [0.4, 0.5) is 0 Å². The Morgan fingerprint density at radius 3 is 2.71 bits per heavy atom. The summed E-state index contributed by atoms with van der Waals surface area (Å²) in [6.07, 6.45) is 3.38. The fourth-order valence-electron chi connectivity index (χ4n) is 3.90. The zero-order chi connectivity index (χ0) is 19.3. The average Bonchev–Trinajstić information content (AvgIpc) is 3.36. The lowest BCUT2D eigenvalue weighted by Gasteiger charge is -2.21. The topological polar surface area (TPSA) is 73.3 Å². The maximum absolute atomic E-state index is 12.7. The lowest BCUT2D eigenvalue weighted by Crippen LogP contribution is -2.24. The van der Waals surface area contributed by atoms with Crippen molar-refractivity contribution in [2.45, 2.75) is 32.1 Å². The highest BCUT2D eigenvalue weighted by atomic mass is 35.5. The van der Waals surface area contributed by atoms with Crippen LogP contribution >= 0.6 is 11.6 Å². The number of Topliss-reactive ketones (excluding diaryl/α,β-unsaturated/α-hetero) is 1. The fourth-order valence-corrected chi connectivity index (χ4v) is 4.03. The zero-order valence-corrected chi connectivity index (χ0v) is 16.0. The van der Waals surface area contributed by atoms with Gasteiger partial charge in [-0.25, -0.2) is 4.52 Å². The Balaban J connectivity index is 1.70. The second-order valence-electron chi connectivity index (χ2n) is 6.96. The molecule has 0 aliphatic heterocycles. The van der Waals surface area contributed by atoms with Gasteiger partial charge in [-0.05, 0) is 36.2 Å². The molecule has 5 rings (SSSR count). The molecule has 1 atom stereocenters. The highest BCUT2D eigenvalue weighted by molar-refractivity contribution is 6.30. The predicted octanol–water partition coefficient (Wildman–Crippen LogP) is 4.51. The first-order valence-electron chi connectivity index (χ1n) is 9.25. The molecule has 7 heteroatoms. The number of fused-ring (bicyclic) bond motifs is 3. The second-order valence-corrected chi connectivity index (χ2v) is 7.39. The molecular weight excluding hydrogens is 376 g/mol. The maximum Gasteiger partial charge on any atom is 0.185 e. The number of rotatable bonds is 3. The largest absolute Gasteiger partial charge is 0.469 e. The van der Waals surface area contributed by atoms with Crippen LogP contribution in [-0.4, -0.2) is 25.6 Å². The molecule has 0 bridgehead atoms. The van der Waals surface area contributed by atoms with Gasteiger partial charge in [-0.1, -0.05) is 30.7 Å². The Hall–Kier alpha value is -2.99. The summed E-state index contributed by atoms with van der Waals surface area (Å²) in [6, 6.07) is 11.4. The quantitative estimate of drug-likeness (QED) is 0.512. The molecule has 0 N–H and O–H groups in total. The van der Waals surface area contributed by atoms with Gasteiger partial charge in [0, 0.05) is 23.8 Å². The molecule has 0 fully saturated rings. The standard InChI is InChI=1S/C21H17ClN4O2/c1-2-15-19(12-5-7-14(22)8-6-12)21-24-23-20-16(26(21)25-15)10-13(11-17(20)27)18-4-3-9-28-18/h3-9,13H,2,10-11H2,1H3/t13-/m0/s1. The Labute approximate surface area is 166 Å². The predicted molar refractivity (Wildman–Crippen MR) is 105 cm³/mol. The summed E-state index contributed by atoms with van der Waals surface area (Å²) in [5, 5.41) is 14.1. The van der Waals surface area contributed by atoms with Crippen molar-refractivity contribution in [2.24, 2.45) is 0 Å². The van der Waals surface area contributed by atoms with E-state index in [4.69, 9.17) is 21.1 Å². The first kappa shape index (κ1) is 17.1. The lowest BCUT2D eigenvalue weighted by molar-refractivity contribution is 0.0951. The van der Waals surface area contributed by atoms with Gasteiger partial charge in [-0.3, -0.25) is 4.79 Å². The number of halogens is 1. The Kier molecular flexibility index (Phi) is 4.02. The van der Waals surface area contributed by atoms with Crippen LogP contribution in [0.25, 0.3) is 16.8 Å². The third-order valence-corrected chi connectivity index (χ3v) is 5.51. The molecule has 140 valence electrons. The van der Waals surface area contributed by atoms with Crippen LogP contribution in [0.1, 0.15) is 46.9 Å². The number of furan rings is 1. The van der Waals surface area contributed by atoms with Gasteiger partial charge in [0.2, 0.25) is 0 Å². The molecule has 0 saturated heterocycles. The van der Waals surface area contributed by atoms with Crippen LogP contribution < -0.4 is 0 Å². The lowest BCUT2D eigenvalue weighted by atomic mass is 9.87. The molecule has 0 amide bonds. The number of nitrogens with zero attached hydrogens (tertiary/aromatic N) is 4. The summed E-state index contributed by atoms with van der Waals surface area (Å²) in [5.41, 5.74) is 4.68. The summed E-state index contributed by atoms with van der Waals surface area (Å²) < 4.78 is 7.34. The van der Waals surface area contributed by atoms with Gasteiger partial charge in [0.05, 0.1) is 23.2 Å². The highest BCUT2D eigenvalue weighted by Crippen LogP contribution is 2.35. The van der Waals surface area contributed by atoms with E-state index >= 15 is 0 Å². The van der Waals surface area contributed by atoms with Crippen molar-refractivity contribution in [2.75, 3.05) is 0 Å². The monoisotopic (exact) mass is 392 g/mol. The van der Waals surface area contributed by atoms with Crippen molar-refractivity contribution >= 4 is 23.0 Å². The molecule has 0 saturated carbocycles. The molecule has 3 aromatic heterocycles. The smallest absolute Gasteiger partial charge is 0.185 e. The SMILES string of the molecule is CCc1nn2c3c(nnc2c1-c1ccc(Cl)cc1)C(=O)C[C@@H](c1ccco1)C3. The minimum absolute atomic E-state index is 0.0179. The first-order chi connectivity index (χ1) is 13.7. The van der Waals surface area contributed by atoms with E-state index in [0.29, 0.717) is 29.2 Å². The Morgan fingerprint density at radius 2 is 2.00 bits per heavy atom. The van der Waals surface area contributed by atoms with Crippen molar-refractivity contribution in [3.05, 3.63) is 70.5 Å². The third kappa shape index (κ3) is 2.64. The van der Waals surface area contributed by atoms with Crippen molar-refractivity contribution in [1.29, 1.82) is 0 Å². The van der Waals surface area contributed by atoms with Gasteiger partial charge in [0.25, 0.3) is 0 Å². The minimum atomic E-state index is -0.0290. The molecule has 4 aromatic rings. The van der Waals surface area contributed by atoms with Gasteiger partial charge in [-0.2, -0.15) is 5.10 Å². The van der Waals surface area contributed by atoms with Crippen molar-refractivity contribution < 1.29 is 9.21 Å². The summed E-state index contributed by atoms with van der Waals surface area (Å²) in [6.45, 7) is 2.05. The van der Waals surface area contributed by atoms with E-state index in [1.165, 1.54) is 0 Å². The average molecular weight is 393 g/mol. The molecule has 28 heavy (non-hydrogen) atoms. The molecular formula is C21H17ClN4O2. The van der Waals surface area contributed by atoms with Crippen LogP contribution in [0.15, 0.2) is 47.1 Å². The zero-order valence-electron chi connectivity index (χ0n) is 15.2. The number of aromatic nitrogens is 4. The van der Waals surface area contributed by atoms with Crippen LogP contribution in [0.5, 0.6) is 0 Å². The molecule has 0 radical (unpaired) electrons. The Bertz CT molecular complexity index is 1180. The second kappa shape index (κ2) is 6.56. The number of hydrogen-bond acceptors (Lipinski definition) is 5. The summed E-state index contributed by atoms with van der Waals surface area (Å²) in [7, 11) is 0. The molecule has 1 aliphatic rings. The highest BCUT2D eigenvalue weighted by Gasteiger charge is 2.32. The van der Waals surface area contributed by atoms with E-state index in [-0.39, 0.29) is 11.7 Å². The van der Waals surface area contributed by atoms with Gasteiger partial charge in [0.15, 0.2) is 17.1 Å². The number of ketones is 1. The summed E-state index contributed by atoms with van der Waals surface area (Å²) in [4.78, 5) is 12.7. The first-order valence-corrected chi connectivity index (χ1v) is 9.63. The van der Waals surface area contributed by atoms with E-state index < -0.39 is 0 Å². The van der Waals surface area contributed by atoms with Crippen LogP contribution in [0.3, 0.4) is 0 Å². The minimum Gasteiger partial charge on any atom is -0.469 e. The van der Waals surface area contributed by atoms with Crippen LogP contribution in [-0.2, 0) is 12.8 Å². The van der Waals surface area contributed by atoms with Gasteiger partial charge >= 0.3 is 0 Å². The number of hydrogen-bond donors (Lipinski definition) is 0. The molecule has 6 nitrogen and oxygen atoms in total. The molecule has 1 aromatic carbocycles. The molecule has 3 heterocycles. The molecule has 0 unspecified atom stereocenters. The summed E-state index contributed by atoms with van der Waals surface area (Å²) >= 11 is 6.05. The number of carbonyl (C=O) groups is 1. The molecule has 1 aliphatic carbocycles. The number of carbonyl (C=O) groups excluding carboxylic acids is 1. The summed E-state index contributed by atoms with van der Waals surface area (Å²) in [5.74, 6) is 0.763. The van der Waals surface area contributed by atoms with Gasteiger partial charge < -0.3 is 4.42 Å². The van der Waals surface area contributed by atoms with E-state index in [1.807, 2.05) is 36.4 Å². The van der Waals surface area contributed by atoms with E-state index in [2.05, 4.69) is 17.1 Å². The van der Waals surface area contributed by atoms with E-state index in [0.717, 1.165) is 34.7 Å². The normalized spacial score (nSPS) is 16.5. The number of aryl methyl sites for hydroxylation is 1. The van der Waals surface area contributed by atoms with Crippen molar-refractivity contribution in [3.63, 3.8) is 0 Å². The third-order valence-electron chi connectivity index (χ3n) is 5.26. The maximum atomic E-state index is 12.7. The van der Waals surface area contributed by atoms with Crippen molar-refractivity contribution in [3.8, 4) is 11.1 Å². The van der Waals surface area contributed by atoms with Crippen molar-refractivity contribution in [1.82, 2.24) is 19.8 Å². The van der Waals surface area contributed by atoms with Crippen LogP contribution in [0, 0.1) is 0 Å². The van der Waals surface area contributed by atoms with Gasteiger partial charge in [0.1, 0.15) is 5.76 Å². The Morgan fingerprint density at radius 1 is 1.18 bits per heavy atom. The van der Waals surface area contributed by atoms with E-state index in [1.54, 1.807) is 10.8 Å². The van der Waals surface area contributed by atoms with Gasteiger partial charge in [-0.15, -0.1) is 10.2 Å². The van der Waals surface area contributed by atoms with Crippen LogP contribution in [0.2, 0.25) is 5.02 Å². The number of benzene rings is 1. The fraction of sp³-hybridized carbons (Fsp3) is 0.238. The van der Waals surface area contributed by atoms with E-state index in [9.17, 15) is 4.79 Å². The molecule has 0 spiro atoms.